The molecule has 2 N–H and O–H groups in total. The Balaban J connectivity index is 1.38. The van der Waals surface area contributed by atoms with Gasteiger partial charge in [-0.2, -0.15) is 10.4 Å². The van der Waals surface area contributed by atoms with Crippen LogP contribution in [-0.2, 0) is 21.1 Å². The maximum atomic E-state index is 13.5. The van der Waals surface area contributed by atoms with Crippen molar-refractivity contribution >= 4 is 15.5 Å². The molecule has 4 aliphatic carbocycles. The van der Waals surface area contributed by atoms with Gasteiger partial charge in [-0.25, -0.2) is 0 Å². The molecule has 4 fully saturated rings. The SMILES string of the molecule is C[C@@]1(O)CC[C@@]2(CCS(C)(=N)=O)[C@H](CC[C@H]3[C@@H]4CC[C@H](C(=O)Cn5cc(C#N)cn5)[C@@]4(C)CC[C@@H]32)C1. The monoisotopic (exact) mass is 514 g/mol. The summed E-state index contributed by atoms with van der Waals surface area (Å²) in [4.78, 5) is 13.5. The average molecular weight is 515 g/mol. The first kappa shape index (κ1) is 25.9. The van der Waals surface area contributed by atoms with Crippen molar-refractivity contribution in [1.29, 1.82) is 10.0 Å². The van der Waals surface area contributed by atoms with E-state index in [0.717, 1.165) is 64.2 Å². The predicted octanol–water partition coefficient (Wildman–Crippen LogP) is 4.78. The zero-order chi connectivity index (χ0) is 25.9. The molecule has 8 heteroatoms. The van der Waals surface area contributed by atoms with Gasteiger partial charge in [-0.05, 0) is 106 Å². The number of hydrogen-bond acceptors (Lipinski definition) is 6. The third kappa shape index (κ3) is 4.45. The highest BCUT2D eigenvalue weighted by Crippen LogP contribution is 2.69. The van der Waals surface area contributed by atoms with Gasteiger partial charge in [0.25, 0.3) is 0 Å². The number of nitrogens with one attached hydrogen (secondary N) is 1. The Morgan fingerprint density at radius 3 is 2.69 bits per heavy atom. The lowest BCUT2D eigenvalue weighted by molar-refractivity contribution is -0.158. The van der Waals surface area contributed by atoms with Gasteiger partial charge in [0.1, 0.15) is 6.07 Å². The summed E-state index contributed by atoms with van der Waals surface area (Å²) in [7, 11) is -2.56. The molecule has 198 valence electrons. The highest BCUT2D eigenvalue weighted by atomic mass is 32.2. The quantitative estimate of drug-likeness (QED) is 0.566. The van der Waals surface area contributed by atoms with Gasteiger partial charge in [0, 0.05) is 33.9 Å². The number of aromatic nitrogens is 2. The number of carbonyl (C=O) groups is 1. The first-order valence-corrected chi connectivity index (χ1v) is 15.9. The Labute approximate surface area is 216 Å². The maximum Gasteiger partial charge on any atom is 0.157 e. The van der Waals surface area contributed by atoms with Crippen molar-refractivity contribution in [2.24, 2.45) is 40.4 Å². The fraction of sp³-hybridized carbons (Fsp3) is 0.821. The minimum atomic E-state index is -2.56. The Bertz CT molecular complexity index is 1170. The fourth-order valence-corrected chi connectivity index (χ4v) is 10.2. The Kier molecular flexibility index (Phi) is 6.43. The summed E-state index contributed by atoms with van der Waals surface area (Å²) in [5.41, 5.74) is -0.0831. The van der Waals surface area contributed by atoms with Crippen LogP contribution in [0.5, 0.6) is 0 Å². The Hall–Kier alpha value is -1.72. The number of Topliss-reactive ketones (excluding diaryl/α,β-unsaturated/α-hetero) is 1. The summed E-state index contributed by atoms with van der Waals surface area (Å²) in [5.74, 6) is 2.76. The normalized spacial score (nSPS) is 43.5. The molecule has 5 rings (SSSR count). The van der Waals surface area contributed by atoms with Gasteiger partial charge in [0.2, 0.25) is 0 Å². The summed E-state index contributed by atoms with van der Waals surface area (Å²) in [6, 6.07) is 2.08. The van der Waals surface area contributed by atoms with E-state index >= 15 is 0 Å². The molecule has 0 saturated heterocycles. The molecule has 1 heterocycles. The van der Waals surface area contributed by atoms with E-state index in [1.807, 2.05) is 6.92 Å². The van der Waals surface area contributed by atoms with Gasteiger partial charge in [0.15, 0.2) is 5.78 Å². The largest absolute Gasteiger partial charge is 0.390 e. The first-order chi connectivity index (χ1) is 16.9. The topological polar surface area (TPSA) is 120 Å². The van der Waals surface area contributed by atoms with Crippen LogP contribution in [0.3, 0.4) is 0 Å². The second-order valence-corrected chi connectivity index (χ2v) is 15.6. The number of carbonyl (C=O) groups excluding carboxylic acids is 1. The number of nitriles is 1. The molecule has 0 amide bonds. The Morgan fingerprint density at radius 1 is 1.22 bits per heavy atom. The Morgan fingerprint density at radius 2 is 2.00 bits per heavy atom. The third-order valence-corrected chi connectivity index (χ3v) is 12.1. The van der Waals surface area contributed by atoms with E-state index in [2.05, 4.69) is 18.1 Å². The molecular weight excluding hydrogens is 472 g/mol. The van der Waals surface area contributed by atoms with E-state index in [-0.39, 0.29) is 29.1 Å². The summed E-state index contributed by atoms with van der Waals surface area (Å²) in [6.45, 7) is 4.55. The van der Waals surface area contributed by atoms with Crippen molar-refractivity contribution in [3.8, 4) is 6.07 Å². The summed E-state index contributed by atoms with van der Waals surface area (Å²) >= 11 is 0. The molecule has 0 spiro atoms. The molecule has 0 bridgehead atoms. The van der Waals surface area contributed by atoms with Gasteiger partial charge >= 0.3 is 0 Å². The fourth-order valence-electron chi connectivity index (χ4n) is 9.42. The van der Waals surface area contributed by atoms with Crippen LogP contribution in [0.2, 0.25) is 0 Å². The van der Waals surface area contributed by atoms with E-state index in [1.54, 1.807) is 17.1 Å². The van der Waals surface area contributed by atoms with Crippen molar-refractivity contribution in [2.45, 2.75) is 90.2 Å². The molecule has 7 nitrogen and oxygen atoms in total. The van der Waals surface area contributed by atoms with Crippen LogP contribution in [0.4, 0.5) is 0 Å². The molecule has 36 heavy (non-hydrogen) atoms. The highest BCUT2D eigenvalue weighted by Gasteiger charge is 2.62. The standard InChI is InChI=1S/C28H42N4O3S/c1-26(34)10-11-28(12-13-36(3,30)35)20(14-26)4-5-21-22-6-7-24(27(22,2)9-8-23(21)28)25(33)18-32-17-19(15-29)16-31-32/h16-17,20-24,30,34H,4-14,18H2,1-3H3/t20-,21+,22+,23+,24-,26-,27+,28-,36?/m1/s1. The van der Waals surface area contributed by atoms with Crippen LogP contribution < -0.4 is 0 Å². The van der Waals surface area contributed by atoms with E-state index in [9.17, 15) is 14.1 Å². The van der Waals surface area contributed by atoms with Crippen LogP contribution in [0.1, 0.15) is 83.6 Å². The van der Waals surface area contributed by atoms with Crippen LogP contribution >= 0.6 is 0 Å². The summed E-state index contributed by atoms with van der Waals surface area (Å²) in [6.07, 6.45) is 14.5. The van der Waals surface area contributed by atoms with Crippen LogP contribution in [0.25, 0.3) is 0 Å². The van der Waals surface area contributed by atoms with Crippen LogP contribution in [0, 0.1) is 56.5 Å². The number of hydrogen-bond donors (Lipinski definition) is 2. The molecule has 1 aromatic heterocycles. The predicted molar refractivity (Wildman–Crippen MR) is 138 cm³/mol. The molecule has 0 aliphatic heterocycles. The molecule has 4 saturated carbocycles. The van der Waals surface area contributed by atoms with Gasteiger partial charge in [-0.1, -0.05) is 6.92 Å². The number of rotatable bonds is 6. The van der Waals surface area contributed by atoms with E-state index in [0.29, 0.717) is 35.0 Å². The van der Waals surface area contributed by atoms with Crippen molar-refractivity contribution in [3.05, 3.63) is 18.0 Å². The molecule has 1 aromatic rings. The van der Waals surface area contributed by atoms with Gasteiger partial charge < -0.3 is 5.11 Å². The lowest BCUT2D eigenvalue weighted by Crippen LogP contribution is -2.57. The minimum absolute atomic E-state index is 0.00856. The van der Waals surface area contributed by atoms with Crippen molar-refractivity contribution in [1.82, 2.24) is 9.78 Å². The summed E-state index contributed by atoms with van der Waals surface area (Å²) in [5, 5.41) is 24.2. The molecule has 0 radical (unpaired) electrons. The van der Waals surface area contributed by atoms with Gasteiger partial charge in [-0.15, -0.1) is 0 Å². The van der Waals surface area contributed by atoms with Gasteiger partial charge in [0.05, 0.1) is 23.9 Å². The average Bonchev–Trinajstić information content (AvgIpc) is 3.40. The highest BCUT2D eigenvalue weighted by molar-refractivity contribution is 7.91. The number of fused-ring (bicyclic) bond motifs is 5. The smallest absolute Gasteiger partial charge is 0.157 e. The zero-order valence-electron chi connectivity index (χ0n) is 22.0. The van der Waals surface area contributed by atoms with Crippen LogP contribution in [0.15, 0.2) is 12.4 Å². The van der Waals surface area contributed by atoms with Gasteiger partial charge in [-0.3, -0.25) is 18.5 Å². The first-order valence-electron chi connectivity index (χ1n) is 13.8. The second kappa shape index (κ2) is 8.94. The van der Waals surface area contributed by atoms with Crippen LogP contribution in [-0.4, -0.2) is 42.5 Å². The molecule has 9 atom stereocenters. The lowest BCUT2D eigenvalue weighted by Gasteiger charge is -2.63. The summed E-state index contributed by atoms with van der Waals surface area (Å²) < 4.78 is 22.2. The zero-order valence-corrected chi connectivity index (χ0v) is 22.9. The van der Waals surface area contributed by atoms with Crippen molar-refractivity contribution < 1.29 is 14.1 Å². The number of ketones is 1. The minimum Gasteiger partial charge on any atom is -0.390 e. The number of nitrogens with zero attached hydrogens (tertiary/aromatic N) is 3. The molecule has 4 aliphatic rings. The maximum absolute atomic E-state index is 13.5. The van der Waals surface area contributed by atoms with Crippen molar-refractivity contribution in [2.75, 3.05) is 12.0 Å². The molecule has 0 aromatic carbocycles. The third-order valence-electron chi connectivity index (χ3n) is 11.1. The van der Waals surface area contributed by atoms with E-state index in [4.69, 9.17) is 10.0 Å². The second-order valence-electron chi connectivity index (χ2n) is 13.2. The number of aliphatic hydroxyl groups is 1. The van der Waals surface area contributed by atoms with E-state index in [1.165, 1.54) is 6.20 Å². The van der Waals surface area contributed by atoms with Crippen molar-refractivity contribution in [3.63, 3.8) is 0 Å². The molecule has 1 unspecified atom stereocenters. The van der Waals surface area contributed by atoms with E-state index < -0.39 is 15.3 Å². The molecular formula is C28H42N4O3S. The lowest BCUT2D eigenvalue weighted by atomic mass is 9.42.